The third-order valence-electron chi connectivity index (χ3n) is 2.07. The van der Waals surface area contributed by atoms with Crippen LogP contribution >= 0.6 is 0 Å². The molecule has 1 atom stereocenters. The first kappa shape index (κ1) is 8.31. The molecule has 1 unspecified atom stereocenters. The molecule has 0 bridgehead atoms. The number of aromatic nitrogens is 1. The predicted molar refractivity (Wildman–Crippen MR) is 50.6 cm³/mol. The van der Waals surface area contributed by atoms with Crippen LogP contribution in [0.5, 0.6) is 5.75 Å². The fourth-order valence-corrected chi connectivity index (χ4v) is 1.42. The summed E-state index contributed by atoms with van der Waals surface area (Å²) in [6.07, 6.45) is 3.00. The summed E-state index contributed by atoms with van der Waals surface area (Å²) in [6, 6.07) is 3.58. The van der Waals surface area contributed by atoms with Gasteiger partial charge in [0.15, 0.2) is 0 Å². The summed E-state index contributed by atoms with van der Waals surface area (Å²) in [5.74, 6) is 1.31. The molecular formula is C9H13N3O. The maximum Gasteiger partial charge on any atom is 0.126 e. The Morgan fingerprint density at radius 2 is 2.54 bits per heavy atom. The van der Waals surface area contributed by atoms with Gasteiger partial charge in [-0.3, -0.25) is 0 Å². The number of pyridine rings is 1. The maximum atomic E-state index is 5.67. The van der Waals surface area contributed by atoms with Gasteiger partial charge in [0.25, 0.3) is 0 Å². The molecule has 0 spiro atoms. The van der Waals surface area contributed by atoms with Gasteiger partial charge in [0.05, 0.1) is 0 Å². The van der Waals surface area contributed by atoms with Gasteiger partial charge in [-0.15, -0.1) is 0 Å². The zero-order chi connectivity index (χ0) is 9.10. The molecule has 4 nitrogen and oxygen atoms in total. The van der Waals surface area contributed by atoms with E-state index in [2.05, 4.69) is 10.3 Å². The van der Waals surface area contributed by atoms with Crippen molar-refractivity contribution in [2.24, 2.45) is 0 Å². The summed E-state index contributed by atoms with van der Waals surface area (Å²) in [5.41, 5.74) is 5.53. The van der Waals surface area contributed by atoms with Crippen LogP contribution in [0, 0.1) is 0 Å². The molecule has 1 aromatic rings. The first-order valence-electron chi connectivity index (χ1n) is 4.43. The number of nitrogens with one attached hydrogen (secondary N) is 1. The molecule has 1 aliphatic heterocycles. The van der Waals surface area contributed by atoms with Crippen LogP contribution in [0.3, 0.4) is 0 Å². The SMILES string of the molecule is Nc1cc(OC2CCNC2)ccn1. The molecule has 1 saturated heterocycles. The van der Waals surface area contributed by atoms with Gasteiger partial charge >= 0.3 is 0 Å². The molecule has 1 fully saturated rings. The van der Waals surface area contributed by atoms with Crippen LogP contribution in [0.4, 0.5) is 5.82 Å². The molecule has 4 heteroatoms. The Bertz CT molecular complexity index is 284. The van der Waals surface area contributed by atoms with Crippen molar-refractivity contribution in [2.75, 3.05) is 18.8 Å². The second-order valence-electron chi connectivity index (χ2n) is 3.15. The lowest BCUT2D eigenvalue weighted by Gasteiger charge is -2.11. The predicted octanol–water partition coefficient (Wildman–Crippen LogP) is 0.404. The summed E-state index contributed by atoms with van der Waals surface area (Å²) in [6.45, 7) is 1.95. The topological polar surface area (TPSA) is 60.2 Å². The summed E-state index contributed by atoms with van der Waals surface area (Å²) in [5, 5.41) is 3.24. The number of nitrogens with zero attached hydrogens (tertiary/aromatic N) is 1. The molecule has 3 N–H and O–H groups in total. The average Bonchev–Trinajstić information content (AvgIpc) is 2.57. The second kappa shape index (κ2) is 3.62. The summed E-state index contributed by atoms with van der Waals surface area (Å²) in [4.78, 5) is 3.90. The van der Waals surface area contributed by atoms with Gasteiger partial charge < -0.3 is 15.8 Å². The number of nitrogen functional groups attached to an aromatic ring is 1. The van der Waals surface area contributed by atoms with Crippen LogP contribution in [0.2, 0.25) is 0 Å². The van der Waals surface area contributed by atoms with Crippen LogP contribution < -0.4 is 15.8 Å². The van der Waals surface area contributed by atoms with Gasteiger partial charge in [-0.2, -0.15) is 0 Å². The van der Waals surface area contributed by atoms with Crippen LogP contribution in [0.15, 0.2) is 18.3 Å². The number of rotatable bonds is 2. The Kier molecular flexibility index (Phi) is 2.31. The van der Waals surface area contributed by atoms with Crippen LogP contribution in [-0.2, 0) is 0 Å². The van der Waals surface area contributed by atoms with Gasteiger partial charge in [0.2, 0.25) is 0 Å². The van der Waals surface area contributed by atoms with E-state index in [-0.39, 0.29) is 6.10 Å². The molecule has 70 valence electrons. The average molecular weight is 179 g/mol. The van der Waals surface area contributed by atoms with Crippen molar-refractivity contribution in [3.8, 4) is 5.75 Å². The minimum atomic E-state index is 0.279. The lowest BCUT2D eigenvalue weighted by molar-refractivity contribution is 0.223. The molecular weight excluding hydrogens is 166 g/mol. The van der Waals surface area contributed by atoms with Gasteiger partial charge in [-0.1, -0.05) is 0 Å². The van der Waals surface area contributed by atoms with E-state index in [1.165, 1.54) is 0 Å². The molecule has 0 radical (unpaired) electrons. The van der Waals surface area contributed by atoms with Crippen molar-refractivity contribution in [2.45, 2.75) is 12.5 Å². The van der Waals surface area contributed by atoms with Crippen molar-refractivity contribution >= 4 is 5.82 Å². The lowest BCUT2D eigenvalue weighted by Crippen LogP contribution is -2.19. The maximum absolute atomic E-state index is 5.67. The molecule has 0 aromatic carbocycles. The normalized spacial score (nSPS) is 21.7. The molecule has 1 aromatic heterocycles. The van der Waals surface area contributed by atoms with E-state index in [1.54, 1.807) is 12.3 Å². The first-order chi connectivity index (χ1) is 6.34. The number of hydrogen-bond acceptors (Lipinski definition) is 4. The van der Waals surface area contributed by atoms with E-state index < -0.39 is 0 Å². The summed E-state index contributed by atoms with van der Waals surface area (Å²) >= 11 is 0. The van der Waals surface area contributed by atoms with Crippen LogP contribution in [0.25, 0.3) is 0 Å². The van der Waals surface area contributed by atoms with E-state index in [0.717, 1.165) is 25.3 Å². The third-order valence-corrected chi connectivity index (χ3v) is 2.07. The number of anilines is 1. The molecule has 13 heavy (non-hydrogen) atoms. The molecule has 0 amide bonds. The van der Waals surface area contributed by atoms with E-state index in [4.69, 9.17) is 10.5 Å². The van der Waals surface area contributed by atoms with Crippen molar-refractivity contribution in [1.82, 2.24) is 10.3 Å². The van der Waals surface area contributed by atoms with Gasteiger partial charge in [0, 0.05) is 18.8 Å². The highest BCUT2D eigenvalue weighted by Crippen LogP contribution is 2.15. The second-order valence-corrected chi connectivity index (χ2v) is 3.15. The Morgan fingerprint density at radius 3 is 3.23 bits per heavy atom. The number of nitrogens with two attached hydrogens (primary N) is 1. The molecule has 0 saturated carbocycles. The van der Waals surface area contributed by atoms with E-state index in [9.17, 15) is 0 Å². The minimum absolute atomic E-state index is 0.279. The highest BCUT2D eigenvalue weighted by Gasteiger charge is 2.15. The quantitative estimate of drug-likeness (QED) is 0.690. The van der Waals surface area contributed by atoms with Gasteiger partial charge in [-0.25, -0.2) is 4.98 Å². The zero-order valence-electron chi connectivity index (χ0n) is 7.36. The zero-order valence-corrected chi connectivity index (χ0v) is 7.36. The first-order valence-corrected chi connectivity index (χ1v) is 4.43. The molecule has 2 heterocycles. The molecule has 0 aliphatic carbocycles. The fourth-order valence-electron chi connectivity index (χ4n) is 1.42. The smallest absolute Gasteiger partial charge is 0.126 e. The monoisotopic (exact) mass is 179 g/mol. The Hall–Kier alpha value is -1.29. The Balaban J connectivity index is 2.00. The highest BCUT2D eigenvalue weighted by molar-refractivity contribution is 5.35. The van der Waals surface area contributed by atoms with Crippen molar-refractivity contribution in [1.29, 1.82) is 0 Å². The van der Waals surface area contributed by atoms with E-state index in [0.29, 0.717) is 5.82 Å². The van der Waals surface area contributed by atoms with Crippen molar-refractivity contribution in [3.05, 3.63) is 18.3 Å². The Morgan fingerprint density at radius 1 is 1.62 bits per heavy atom. The standard InChI is InChI=1S/C9H13N3O/c10-9-5-7(2-4-12-9)13-8-1-3-11-6-8/h2,4-5,8,11H,1,3,6H2,(H2,10,12). The van der Waals surface area contributed by atoms with Crippen molar-refractivity contribution < 1.29 is 4.74 Å². The van der Waals surface area contributed by atoms with Crippen LogP contribution in [0.1, 0.15) is 6.42 Å². The Labute approximate surface area is 77.1 Å². The summed E-state index contributed by atoms with van der Waals surface area (Å²) in [7, 11) is 0. The van der Waals surface area contributed by atoms with E-state index >= 15 is 0 Å². The largest absolute Gasteiger partial charge is 0.489 e. The summed E-state index contributed by atoms with van der Waals surface area (Å²) < 4.78 is 5.67. The highest BCUT2D eigenvalue weighted by atomic mass is 16.5. The van der Waals surface area contributed by atoms with Crippen LogP contribution in [-0.4, -0.2) is 24.2 Å². The fraction of sp³-hybridized carbons (Fsp3) is 0.444. The number of hydrogen-bond donors (Lipinski definition) is 2. The van der Waals surface area contributed by atoms with Gasteiger partial charge in [0.1, 0.15) is 17.7 Å². The van der Waals surface area contributed by atoms with Gasteiger partial charge in [-0.05, 0) is 19.0 Å². The lowest BCUT2D eigenvalue weighted by atomic mass is 10.3. The number of ether oxygens (including phenoxy) is 1. The molecule has 1 aliphatic rings. The third kappa shape index (κ3) is 2.09. The molecule has 2 rings (SSSR count). The van der Waals surface area contributed by atoms with Crippen molar-refractivity contribution in [3.63, 3.8) is 0 Å². The minimum Gasteiger partial charge on any atom is -0.489 e. The van der Waals surface area contributed by atoms with E-state index in [1.807, 2.05) is 6.07 Å².